The zero-order chi connectivity index (χ0) is 102. The largest absolute Gasteiger partial charge is 0.377 e. The van der Waals surface area contributed by atoms with Crippen molar-refractivity contribution in [3.63, 3.8) is 0 Å². The summed E-state index contributed by atoms with van der Waals surface area (Å²) in [4.78, 5) is 92.3. The van der Waals surface area contributed by atoms with Crippen molar-refractivity contribution < 1.29 is 44.7 Å². The minimum atomic E-state index is -2.37. The molecule has 6 atom stereocenters. The molecule has 1 unspecified atom stereocenters. The molecule has 9 aliphatic rings. The van der Waals surface area contributed by atoms with Gasteiger partial charge in [0.2, 0.25) is 11.9 Å². The molecule has 14 aromatic rings. The highest BCUT2D eigenvalue weighted by Crippen LogP contribution is 2.45. The molecule has 2 N–H and O–H groups in total. The van der Waals surface area contributed by atoms with Crippen molar-refractivity contribution in [3.8, 4) is 46.1 Å². The Hall–Kier alpha value is -12.5. The molecule has 4 aliphatic carbocycles. The lowest BCUT2D eigenvalue weighted by atomic mass is 10.1. The zero-order valence-corrected chi connectivity index (χ0v) is 88.6. The number of nitrogens with one attached hydrogen (secondary N) is 2. The maximum Gasteiger partial charge on any atom is 0.239 e. The van der Waals surface area contributed by atoms with Crippen molar-refractivity contribution in [2.24, 2.45) is 21.8 Å². The van der Waals surface area contributed by atoms with Crippen LogP contribution in [-0.2, 0) is 78.8 Å². The summed E-state index contributed by atoms with van der Waals surface area (Å²) in [6, 6.07) is 31.9. The summed E-state index contributed by atoms with van der Waals surface area (Å²) in [5, 5.41) is 1.18. The first kappa shape index (κ1) is 101. The van der Waals surface area contributed by atoms with E-state index in [4.69, 9.17) is 63.6 Å². The Kier molecular flexibility index (Phi) is 29.4. The number of fused-ring (bicyclic) bond motifs is 5. The molecule has 12 aromatic heterocycles. The number of aromatic amines is 2. The fourth-order valence-electron chi connectivity index (χ4n) is 18.3. The molecule has 0 spiro atoms. The Morgan fingerprint density at radius 1 is 0.400 bits per heavy atom. The number of allylic oxidation sites excluding steroid dienone is 1. The third kappa shape index (κ3) is 24.4. The van der Waals surface area contributed by atoms with Crippen LogP contribution in [0.15, 0.2) is 150 Å². The first-order valence-corrected chi connectivity index (χ1v) is 60.1. The van der Waals surface area contributed by atoms with Crippen molar-refractivity contribution in [2.75, 3.05) is 180 Å². The molecular formula is C100H124N30O10S5. The van der Waals surface area contributed by atoms with Crippen LogP contribution in [-0.4, -0.2) is 310 Å². The number of H-pyrrole nitrogens is 2. The lowest BCUT2D eigenvalue weighted by Crippen LogP contribution is -2.44. The number of hydrogen-bond donors (Lipinski definition) is 2. The van der Waals surface area contributed by atoms with Gasteiger partial charge in [0.1, 0.15) is 52.2 Å². The van der Waals surface area contributed by atoms with E-state index in [1.807, 2.05) is 114 Å². The van der Waals surface area contributed by atoms with Gasteiger partial charge in [-0.3, -0.25) is 14.1 Å². The number of aryl methyl sites for hydroxylation is 2. The number of morpholine rings is 5. The van der Waals surface area contributed by atoms with Gasteiger partial charge in [-0.25, -0.2) is 75.9 Å². The number of imidazole rings is 3. The molecule has 17 heterocycles. The van der Waals surface area contributed by atoms with Crippen LogP contribution in [0.25, 0.3) is 96.4 Å². The number of anilines is 5. The monoisotopic (exact) mass is 2060 g/mol. The summed E-state index contributed by atoms with van der Waals surface area (Å²) in [6.07, 6.45) is 33.5. The molecule has 8 fully saturated rings. The molecule has 3 saturated carbocycles. The molecule has 0 bridgehead atoms. The van der Waals surface area contributed by atoms with Gasteiger partial charge in [-0.05, 0) is 153 Å². The van der Waals surface area contributed by atoms with Crippen molar-refractivity contribution >= 4 is 157 Å². The third-order valence-electron chi connectivity index (χ3n) is 25.6. The standard InChI is InChI=1S/2C21H26N6O2S.C21H25N5O2S.C19H24N6O2S.C18H23N7O2S/c1-13-12-29-9-8-27(13)19-11-18(26-30(2,3)28)24-21(25-19)15-6-7-22-20-16(15)10-17(23-20)14-4-5-14;1-14-13-29-11-10-26(14)19-12-18(25-30(2,3)28)23-21(24-19)27-17-7-5-4-6-16(17)22-20(27)15-8-9-15;1-14-13-28-9-8-26(14)20-10-19(25-29(2,27)16-6-7-16)23-21(24-20)18-12-22-11-15-4-3-5-17(15)18;1-13-12-27-10-9-24(13)18-11-17(23-28(3,4)26)21-19(22-18)25-14(2)20-15-7-5-6-8-16(15)25;1-11-10-27-8-7-25(11)15-9-14(24-28(3,4)26)22-17(23-15)13-5-6-19-18-16(13)20-12(2)21-18/h6-7,10-11,13-14H,4-5,8-9,12H2,1-3H3,(H,22,23);4-7,12,14-15H,8-11,13H2,1-3H3;3,5,10-12,14,16H,4,6-9,13H2,1-2H3;5-8,11,13H,9-10,12H2,1-4H3;5-6,9,11H,7-8,10H2,1-4H3,(H,19,20,21)/t13-;14-;14-,29?;13-;11-/m11111/s1. The number of pyridine rings is 3. The Bertz CT molecular complexity index is 7950. The summed E-state index contributed by atoms with van der Waals surface area (Å²) in [5.74, 6) is 12.2. The quantitative estimate of drug-likeness (QED) is 0.0805. The fraction of sp³-hybridized carbons (Fsp3) is 0.460. The van der Waals surface area contributed by atoms with Gasteiger partial charge in [-0.15, -0.1) is 0 Å². The lowest BCUT2D eigenvalue weighted by molar-refractivity contribution is 0.0985. The van der Waals surface area contributed by atoms with E-state index in [-0.39, 0.29) is 35.5 Å². The molecule has 40 nitrogen and oxygen atoms in total. The van der Waals surface area contributed by atoms with E-state index >= 15 is 0 Å². The van der Waals surface area contributed by atoms with E-state index in [0.717, 1.165) is 172 Å². The molecule has 145 heavy (non-hydrogen) atoms. The van der Waals surface area contributed by atoms with E-state index in [1.165, 1.54) is 24.1 Å². The van der Waals surface area contributed by atoms with Crippen LogP contribution in [0.5, 0.6) is 0 Å². The van der Waals surface area contributed by atoms with Gasteiger partial charge >= 0.3 is 0 Å². The Morgan fingerprint density at radius 2 is 0.814 bits per heavy atom. The van der Waals surface area contributed by atoms with E-state index < -0.39 is 48.6 Å². The van der Waals surface area contributed by atoms with Gasteiger partial charge in [0.05, 0.1) is 134 Å². The van der Waals surface area contributed by atoms with Gasteiger partial charge in [-0.1, -0.05) is 36.4 Å². The fourth-order valence-corrected chi connectivity index (χ4v) is 22.1. The molecular weight excluding hydrogens is 1940 g/mol. The van der Waals surface area contributed by atoms with Crippen LogP contribution in [0.1, 0.15) is 119 Å². The van der Waals surface area contributed by atoms with E-state index in [1.54, 1.807) is 80.8 Å². The third-order valence-corrected chi connectivity index (χ3v) is 30.4. The molecule has 5 saturated heterocycles. The number of hydrogen-bond acceptors (Lipinski definition) is 36. The van der Waals surface area contributed by atoms with Crippen molar-refractivity contribution in [1.82, 2.24) is 98.8 Å². The van der Waals surface area contributed by atoms with E-state index in [2.05, 4.69) is 149 Å². The molecule has 0 radical (unpaired) electrons. The minimum absolute atomic E-state index is 0.170. The number of aromatic nitrogens is 20. The molecule has 0 amide bonds. The number of para-hydroxylation sites is 4. The maximum atomic E-state index is 13.0. The van der Waals surface area contributed by atoms with Gasteiger partial charge in [0.25, 0.3) is 0 Å². The molecule has 764 valence electrons. The SMILES string of the molecule is C[C@@H]1COCCN1c1cc(N=S(C)(=O)C2CC2)nc(-c2cncc3c2C=CC3)n1.C[C@@H]1COCCN1c1cc(N=S(C)(C)=O)nc(-c2ccnc3[nH]c(C4CC4)cc23)n1.C[C@@H]1COCCN1c1cc(N=S(C)(C)=O)nc(-n2c(C3CC3)nc3ccccc32)n1.Cc1nc2ccccc2n1-c1nc(N=S(C)(C)=O)cc(N2CCOC[C@H]2C)n1.Cc1nc2nccc(-c3nc(N=S(C)(C)=O)cc(N4CCOC[C@H]4C)n3)c2[nH]1. The number of rotatable bonds is 18. The van der Waals surface area contributed by atoms with Gasteiger partial charge < -0.3 is 58.2 Å². The first-order chi connectivity index (χ1) is 69.4. The summed E-state index contributed by atoms with van der Waals surface area (Å²) in [6.45, 7) is 24.5. The average Bonchev–Trinajstić information content (AvgIpc) is 1.60. The highest BCUT2D eigenvalue weighted by atomic mass is 32.2. The van der Waals surface area contributed by atoms with Crippen molar-refractivity contribution in [1.29, 1.82) is 0 Å². The number of ether oxygens (including phenoxy) is 5. The van der Waals surface area contributed by atoms with Gasteiger partial charge in [-0.2, -0.15) is 41.7 Å². The Morgan fingerprint density at radius 3 is 1.28 bits per heavy atom. The molecule has 2 aromatic carbocycles. The summed E-state index contributed by atoms with van der Waals surface area (Å²) < 4.78 is 116. The van der Waals surface area contributed by atoms with Crippen molar-refractivity contribution in [2.45, 2.75) is 141 Å². The first-order valence-electron chi connectivity index (χ1n) is 48.8. The van der Waals surface area contributed by atoms with E-state index in [0.29, 0.717) is 142 Å². The Balaban J connectivity index is 0.000000115. The second-order valence-corrected chi connectivity index (χ2v) is 52.0. The maximum absolute atomic E-state index is 13.0. The highest BCUT2D eigenvalue weighted by Gasteiger charge is 2.36. The van der Waals surface area contributed by atoms with Crippen LogP contribution in [0, 0.1) is 13.8 Å². The van der Waals surface area contributed by atoms with Crippen LogP contribution in [0.4, 0.5) is 58.2 Å². The zero-order valence-electron chi connectivity index (χ0n) is 84.5. The van der Waals surface area contributed by atoms with Crippen LogP contribution in [0.2, 0.25) is 0 Å². The smallest absolute Gasteiger partial charge is 0.239 e. The molecule has 45 heteroatoms. The van der Waals surface area contributed by atoms with Crippen molar-refractivity contribution in [3.05, 3.63) is 162 Å². The lowest BCUT2D eigenvalue weighted by Gasteiger charge is -2.34. The summed E-state index contributed by atoms with van der Waals surface area (Å²) in [7, 11) is -11.7. The number of nitrogens with zero attached hydrogens (tertiary/aromatic N) is 28. The molecule has 23 rings (SSSR count). The molecule has 5 aliphatic heterocycles. The second-order valence-electron chi connectivity index (χ2n) is 39.2. The predicted molar refractivity (Wildman–Crippen MR) is 572 cm³/mol. The van der Waals surface area contributed by atoms with Gasteiger partial charge in [0.15, 0.2) is 52.2 Å². The average molecular weight is 2070 g/mol. The Labute approximate surface area is 845 Å². The van der Waals surface area contributed by atoms with Crippen LogP contribution in [0.3, 0.4) is 0 Å². The number of benzene rings is 2. The normalized spacial score (nSPS) is 19.8. The van der Waals surface area contributed by atoms with Crippen LogP contribution >= 0.6 is 0 Å². The summed E-state index contributed by atoms with van der Waals surface area (Å²) in [5.41, 5.74) is 12.0. The van der Waals surface area contributed by atoms with Gasteiger partial charge in [0, 0.05) is 222 Å². The minimum Gasteiger partial charge on any atom is -0.377 e. The topological polar surface area (TPSA) is 457 Å². The van der Waals surface area contributed by atoms with Crippen LogP contribution < -0.4 is 24.5 Å². The summed E-state index contributed by atoms with van der Waals surface area (Å²) >= 11 is 0. The second kappa shape index (κ2) is 42.2. The predicted octanol–water partition coefficient (Wildman–Crippen LogP) is 15.0. The van der Waals surface area contributed by atoms with E-state index in [9.17, 15) is 21.0 Å². The highest BCUT2D eigenvalue weighted by molar-refractivity contribution is 7.94.